The van der Waals surface area contributed by atoms with Gasteiger partial charge in [-0.3, -0.25) is 9.59 Å². The van der Waals surface area contributed by atoms with E-state index in [1.807, 2.05) is 36.1 Å². The number of hydrogen-bond acceptors (Lipinski definition) is 5. The molecule has 0 atom stereocenters. The van der Waals surface area contributed by atoms with Crippen LogP contribution >= 0.6 is 11.8 Å². The molecule has 0 N–H and O–H groups in total. The highest BCUT2D eigenvalue weighted by molar-refractivity contribution is 7.99. The number of aromatic nitrogens is 2. The zero-order valence-electron chi connectivity index (χ0n) is 21.2. The van der Waals surface area contributed by atoms with E-state index in [-0.39, 0.29) is 17.8 Å². The van der Waals surface area contributed by atoms with Crippen LogP contribution in [0.5, 0.6) is 0 Å². The Morgan fingerprint density at radius 2 is 1.61 bits per heavy atom. The van der Waals surface area contributed by atoms with Crippen LogP contribution in [-0.4, -0.2) is 51.8 Å². The molecule has 1 aliphatic rings. The van der Waals surface area contributed by atoms with Gasteiger partial charge in [0.2, 0.25) is 5.91 Å². The number of carbonyl (C=O) groups excluding carboxylic acids is 2. The van der Waals surface area contributed by atoms with E-state index < -0.39 is 0 Å². The Morgan fingerprint density at radius 1 is 0.972 bits per heavy atom. The van der Waals surface area contributed by atoms with Crippen molar-refractivity contribution in [3.05, 3.63) is 60.7 Å². The number of rotatable bonds is 10. The smallest absolute Gasteiger partial charge is 0.309 e. The number of imidazole rings is 1. The van der Waals surface area contributed by atoms with Crippen LogP contribution in [0.3, 0.4) is 0 Å². The second-order valence-electron chi connectivity index (χ2n) is 8.93. The molecule has 0 bridgehead atoms. The summed E-state index contributed by atoms with van der Waals surface area (Å²) in [5, 5.41) is 0.984. The molecule has 0 unspecified atom stereocenters. The van der Waals surface area contributed by atoms with Crippen LogP contribution < -0.4 is 0 Å². The van der Waals surface area contributed by atoms with Gasteiger partial charge in [-0.1, -0.05) is 72.4 Å². The van der Waals surface area contributed by atoms with Gasteiger partial charge in [-0.25, -0.2) is 4.98 Å². The minimum absolute atomic E-state index is 0.0740. The summed E-state index contributed by atoms with van der Waals surface area (Å²) >= 11 is 1.71. The van der Waals surface area contributed by atoms with Crippen molar-refractivity contribution in [3.63, 3.8) is 0 Å². The number of benzene rings is 2. The van der Waals surface area contributed by atoms with E-state index in [4.69, 9.17) is 9.72 Å². The lowest BCUT2D eigenvalue weighted by Gasteiger charge is -2.31. The van der Waals surface area contributed by atoms with Crippen LogP contribution in [-0.2, 0) is 20.9 Å². The van der Waals surface area contributed by atoms with Crippen LogP contribution in [0.25, 0.3) is 22.5 Å². The molecule has 2 aromatic carbocycles. The number of nitrogens with zero attached hydrogens (tertiary/aromatic N) is 3. The van der Waals surface area contributed by atoms with Crippen molar-refractivity contribution in [1.82, 2.24) is 14.5 Å². The van der Waals surface area contributed by atoms with Crippen molar-refractivity contribution < 1.29 is 14.3 Å². The monoisotopic (exact) mass is 505 g/mol. The number of ether oxygens (including phenoxy) is 1. The Hall–Kier alpha value is -3.06. The molecule has 4 rings (SSSR count). The predicted molar refractivity (Wildman–Crippen MR) is 145 cm³/mol. The number of amides is 1. The van der Waals surface area contributed by atoms with Gasteiger partial charge in [0.1, 0.15) is 0 Å². The third kappa shape index (κ3) is 6.19. The lowest BCUT2D eigenvalue weighted by Crippen LogP contribution is -2.40. The number of hydrogen-bond donors (Lipinski definition) is 0. The minimum atomic E-state index is -0.128. The lowest BCUT2D eigenvalue weighted by molar-refractivity contribution is -0.151. The molecule has 190 valence electrons. The zero-order valence-corrected chi connectivity index (χ0v) is 22.0. The second kappa shape index (κ2) is 12.8. The normalized spacial score (nSPS) is 14.1. The molecule has 1 aliphatic heterocycles. The molecule has 7 heteroatoms. The summed E-state index contributed by atoms with van der Waals surface area (Å²) in [7, 11) is 0. The van der Waals surface area contributed by atoms with Crippen molar-refractivity contribution in [2.75, 3.05) is 25.4 Å². The highest BCUT2D eigenvalue weighted by Gasteiger charge is 2.28. The molecule has 1 saturated heterocycles. The number of piperidine rings is 1. The van der Waals surface area contributed by atoms with Gasteiger partial charge in [-0.2, -0.15) is 0 Å². The van der Waals surface area contributed by atoms with E-state index in [1.54, 1.807) is 11.8 Å². The summed E-state index contributed by atoms with van der Waals surface area (Å²) in [6.45, 7) is 6.47. The molecule has 0 saturated carbocycles. The van der Waals surface area contributed by atoms with Crippen LogP contribution in [0.1, 0.15) is 39.5 Å². The first-order chi connectivity index (χ1) is 17.6. The van der Waals surface area contributed by atoms with E-state index >= 15 is 0 Å². The van der Waals surface area contributed by atoms with Crippen LogP contribution in [0, 0.1) is 5.92 Å². The molecular formula is C29H35N3O3S. The number of carbonyl (C=O) groups is 2. The molecule has 36 heavy (non-hydrogen) atoms. The van der Waals surface area contributed by atoms with E-state index in [0.717, 1.165) is 46.4 Å². The van der Waals surface area contributed by atoms with Crippen molar-refractivity contribution in [3.8, 4) is 22.5 Å². The first-order valence-corrected chi connectivity index (χ1v) is 13.9. The molecule has 1 fully saturated rings. The van der Waals surface area contributed by atoms with Crippen molar-refractivity contribution in [1.29, 1.82) is 0 Å². The Bertz CT molecular complexity index is 1140. The third-order valence-corrected chi connectivity index (χ3v) is 7.64. The second-order valence-corrected chi connectivity index (χ2v) is 9.99. The average Bonchev–Trinajstić information content (AvgIpc) is 3.30. The molecule has 0 spiro atoms. The number of thioether (sulfide) groups is 1. The zero-order chi connectivity index (χ0) is 25.3. The van der Waals surface area contributed by atoms with Gasteiger partial charge in [0.15, 0.2) is 5.16 Å². The molecule has 0 aliphatic carbocycles. The predicted octanol–water partition coefficient (Wildman–Crippen LogP) is 5.91. The van der Waals surface area contributed by atoms with Crippen LogP contribution in [0.2, 0.25) is 0 Å². The summed E-state index contributed by atoms with van der Waals surface area (Å²) in [6.07, 6.45) is 2.69. The first kappa shape index (κ1) is 26.0. The third-order valence-electron chi connectivity index (χ3n) is 6.58. The first-order valence-electron chi connectivity index (χ1n) is 12.9. The fraction of sp³-hybridized carbons (Fsp3) is 0.414. The average molecular weight is 506 g/mol. The lowest BCUT2D eigenvalue weighted by atomic mass is 9.97. The molecule has 0 radical (unpaired) electrons. The quantitative estimate of drug-likeness (QED) is 0.195. The summed E-state index contributed by atoms with van der Waals surface area (Å²) < 4.78 is 7.41. The number of likely N-dealkylation sites (tertiary alicyclic amines) is 1. The number of esters is 1. The standard InChI is InChI=1S/C29H35N3O3S/c1-3-32-27(23-14-9-6-10-15-23)26(22-12-7-5-8-13-22)30-29(32)36-21-11-16-25(33)31-19-17-24(18-20-31)28(34)35-4-2/h5-10,12-15,24H,3-4,11,16-21H2,1-2H3. The van der Waals surface area contributed by atoms with E-state index in [1.165, 1.54) is 0 Å². The largest absolute Gasteiger partial charge is 0.466 e. The molecule has 1 aromatic heterocycles. The maximum Gasteiger partial charge on any atom is 0.309 e. The Morgan fingerprint density at radius 3 is 2.22 bits per heavy atom. The summed E-state index contributed by atoms with van der Waals surface area (Å²) in [6, 6.07) is 20.7. The molecule has 2 heterocycles. The maximum atomic E-state index is 12.7. The maximum absolute atomic E-state index is 12.7. The summed E-state index contributed by atoms with van der Waals surface area (Å²) in [5.74, 6) is 0.795. The van der Waals surface area contributed by atoms with E-state index in [0.29, 0.717) is 39.0 Å². The Kier molecular flexibility index (Phi) is 9.23. The molecule has 3 aromatic rings. The fourth-order valence-electron chi connectivity index (χ4n) is 4.69. The van der Waals surface area contributed by atoms with Gasteiger partial charge in [0.05, 0.1) is 23.9 Å². The molecular weight excluding hydrogens is 470 g/mol. The molecule has 6 nitrogen and oxygen atoms in total. The van der Waals surface area contributed by atoms with Gasteiger partial charge in [-0.15, -0.1) is 0 Å². The van der Waals surface area contributed by atoms with Crippen molar-refractivity contribution in [2.24, 2.45) is 5.92 Å². The fourth-order valence-corrected chi connectivity index (χ4v) is 5.69. The van der Waals surface area contributed by atoms with Crippen LogP contribution in [0.4, 0.5) is 0 Å². The Balaban J connectivity index is 1.38. The molecule has 1 amide bonds. The van der Waals surface area contributed by atoms with E-state index in [9.17, 15) is 9.59 Å². The van der Waals surface area contributed by atoms with Crippen LogP contribution in [0.15, 0.2) is 65.8 Å². The van der Waals surface area contributed by atoms with Gasteiger partial charge < -0.3 is 14.2 Å². The van der Waals surface area contributed by atoms with Crippen molar-refractivity contribution >= 4 is 23.6 Å². The van der Waals surface area contributed by atoms with Crippen molar-refractivity contribution in [2.45, 2.75) is 51.2 Å². The van der Waals surface area contributed by atoms with Gasteiger partial charge in [-0.05, 0) is 33.1 Å². The topological polar surface area (TPSA) is 64.4 Å². The minimum Gasteiger partial charge on any atom is -0.466 e. The SMILES string of the molecule is CCOC(=O)C1CCN(C(=O)CCCSc2nc(-c3ccccc3)c(-c3ccccc3)n2CC)CC1. The van der Waals surface area contributed by atoms with Gasteiger partial charge in [0.25, 0.3) is 0 Å². The van der Waals surface area contributed by atoms with Gasteiger partial charge in [0, 0.05) is 42.9 Å². The highest BCUT2D eigenvalue weighted by atomic mass is 32.2. The van der Waals surface area contributed by atoms with Gasteiger partial charge >= 0.3 is 5.97 Å². The summed E-state index contributed by atoms with van der Waals surface area (Å²) in [5.41, 5.74) is 4.38. The Labute approximate surface area is 218 Å². The van der Waals surface area contributed by atoms with E-state index in [2.05, 4.69) is 47.9 Å². The highest BCUT2D eigenvalue weighted by Crippen LogP contribution is 2.36. The summed E-state index contributed by atoms with van der Waals surface area (Å²) in [4.78, 5) is 31.6.